The first-order valence-corrected chi connectivity index (χ1v) is 13.8. The predicted molar refractivity (Wildman–Crippen MR) is 135 cm³/mol. The van der Waals surface area contributed by atoms with E-state index in [1.165, 1.54) is 17.7 Å². The van der Waals surface area contributed by atoms with Gasteiger partial charge in [0.25, 0.3) is 5.91 Å². The van der Waals surface area contributed by atoms with Gasteiger partial charge in [0.1, 0.15) is 11.5 Å². The second-order valence-electron chi connectivity index (χ2n) is 9.36. The monoisotopic (exact) mass is 509 g/mol. The standard InChI is InChI=1S/C26H28FN5O3S/c1-18-16-30(24-8-7-21(15-22(24)27)36(2,34)35)13-14-32(18)26-28-11-9-23(29-26)25(33)31-12-10-19-5-3-4-6-20(19)17-31/h3-9,11,15,18H,10,12-14,16-17H2,1-2H3. The van der Waals surface area contributed by atoms with Crippen LogP contribution in [-0.2, 0) is 22.8 Å². The average Bonchev–Trinajstić information content (AvgIpc) is 2.87. The molecule has 188 valence electrons. The van der Waals surface area contributed by atoms with Crippen LogP contribution in [0.2, 0.25) is 0 Å². The summed E-state index contributed by atoms with van der Waals surface area (Å²) in [6, 6.07) is 13.8. The number of hydrogen-bond acceptors (Lipinski definition) is 7. The number of benzene rings is 2. The number of rotatable bonds is 4. The Bertz CT molecular complexity index is 1410. The zero-order valence-electron chi connectivity index (χ0n) is 20.3. The first kappa shape index (κ1) is 24.2. The van der Waals surface area contributed by atoms with Gasteiger partial charge in [-0.1, -0.05) is 24.3 Å². The number of nitrogens with zero attached hydrogens (tertiary/aromatic N) is 5. The molecule has 0 radical (unpaired) electrons. The molecule has 1 unspecified atom stereocenters. The Morgan fingerprint density at radius 2 is 1.83 bits per heavy atom. The third kappa shape index (κ3) is 4.77. The van der Waals surface area contributed by atoms with Crippen molar-refractivity contribution in [1.82, 2.24) is 14.9 Å². The predicted octanol–water partition coefficient (Wildman–Crippen LogP) is 2.93. The quantitative estimate of drug-likeness (QED) is 0.535. The summed E-state index contributed by atoms with van der Waals surface area (Å²) in [4.78, 5) is 27.9. The van der Waals surface area contributed by atoms with Crippen molar-refractivity contribution in [1.29, 1.82) is 0 Å². The Balaban J connectivity index is 1.29. The summed E-state index contributed by atoms with van der Waals surface area (Å²) in [7, 11) is -3.48. The van der Waals surface area contributed by atoms with Crippen molar-refractivity contribution in [3.63, 3.8) is 0 Å². The van der Waals surface area contributed by atoms with E-state index in [4.69, 9.17) is 0 Å². The highest BCUT2D eigenvalue weighted by atomic mass is 32.2. The lowest BCUT2D eigenvalue weighted by molar-refractivity contribution is 0.0728. The number of aromatic nitrogens is 2. The highest BCUT2D eigenvalue weighted by Gasteiger charge is 2.29. The number of halogens is 1. The van der Waals surface area contributed by atoms with E-state index in [2.05, 4.69) is 22.1 Å². The molecule has 8 nitrogen and oxygen atoms in total. The second-order valence-corrected chi connectivity index (χ2v) is 11.4. The summed E-state index contributed by atoms with van der Waals surface area (Å²) in [5, 5.41) is 0. The van der Waals surface area contributed by atoms with Gasteiger partial charge in [-0.15, -0.1) is 0 Å². The Labute approximate surface area is 210 Å². The molecule has 1 fully saturated rings. The highest BCUT2D eigenvalue weighted by Crippen LogP contribution is 2.27. The van der Waals surface area contributed by atoms with Crippen molar-refractivity contribution in [2.24, 2.45) is 0 Å². The van der Waals surface area contributed by atoms with Crippen LogP contribution in [0.1, 0.15) is 28.5 Å². The lowest BCUT2D eigenvalue weighted by atomic mass is 10.00. The van der Waals surface area contributed by atoms with Gasteiger partial charge in [0.2, 0.25) is 5.95 Å². The molecule has 2 aliphatic heterocycles. The van der Waals surface area contributed by atoms with Gasteiger partial charge in [0, 0.05) is 51.2 Å². The molecule has 5 rings (SSSR count). The maximum Gasteiger partial charge on any atom is 0.272 e. The number of carbonyl (C=O) groups is 1. The van der Waals surface area contributed by atoms with E-state index < -0.39 is 15.7 Å². The smallest absolute Gasteiger partial charge is 0.272 e. The van der Waals surface area contributed by atoms with Gasteiger partial charge in [-0.25, -0.2) is 22.8 Å². The van der Waals surface area contributed by atoms with Gasteiger partial charge < -0.3 is 14.7 Å². The molecule has 1 saturated heterocycles. The van der Waals surface area contributed by atoms with Crippen LogP contribution in [0, 0.1) is 5.82 Å². The minimum Gasteiger partial charge on any atom is -0.365 e. The first-order chi connectivity index (χ1) is 17.2. The maximum atomic E-state index is 14.7. The summed E-state index contributed by atoms with van der Waals surface area (Å²) >= 11 is 0. The summed E-state index contributed by atoms with van der Waals surface area (Å²) < 4.78 is 38.2. The molecule has 3 heterocycles. The largest absolute Gasteiger partial charge is 0.365 e. The number of anilines is 2. The fraction of sp³-hybridized carbons (Fsp3) is 0.346. The molecular weight excluding hydrogens is 481 g/mol. The van der Waals surface area contributed by atoms with E-state index in [-0.39, 0.29) is 16.8 Å². The first-order valence-electron chi connectivity index (χ1n) is 11.9. The number of carbonyl (C=O) groups excluding carboxylic acids is 1. The zero-order valence-corrected chi connectivity index (χ0v) is 21.1. The van der Waals surface area contributed by atoms with Crippen molar-refractivity contribution >= 4 is 27.4 Å². The van der Waals surface area contributed by atoms with Crippen LogP contribution >= 0.6 is 0 Å². The van der Waals surface area contributed by atoms with Crippen LogP contribution in [0.4, 0.5) is 16.0 Å². The van der Waals surface area contributed by atoms with Crippen molar-refractivity contribution in [2.45, 2.75) is 30.8 Å². The van der Waals surface area contributed by atoms with Crippen LogP contribution < -0.4 is 9.80 Å². The summed E-state index contributed by atoms with van der Waals surface area (Å²) in [6.07, 6.45) is 3.49. The fourth-order valence-corrected chi connectivity index (χ4v) is 5.52. The van der Waals surface area contributed by atoms with E-state index in [0.29, 0.717) is 50.1 Å². The minimum atomic E-state index is -3.48. The highest BCUT2D eigenvalue weighted by molar-refractivity contribution is 7.90. The maximum absolute atomic E-state index is 14.7. The minimum absolute atomic E-state index is 0.0393. The van der Waals surface area contributed by atoms with Crippen molar-refractivity contribution in [3.8, 4) is 0 Å². The van der Waals surface area contributed by atoms with Crippen molar-refractivity contribution in [3.05, 3.63) is 77.4 Å². The zero-order chi connectivity index (χ0) is 25.4. The van der Waals surface area contributed by atoms with Crippen LogP contribution in [0.3, 0.4) is 0 Å². The van der Waals surface area contributed by atoms with E-state index in [1.54, 1.807) is 12.3 Å². The van der Waals surface area contributed by atoms with Crippen LogP contribution in [0.5, 0.6) is 0 Å². The van der Waals surface area contributed by atoms with Crippen LogP contribution in [0.15, 0.2) is 59.6 Å². The van der Waals surface area contributed by atoms with E-state index >= 15 is 0 Å². The van der Waals surface area contributed by atoms with E-state index in [9.17, 15) is 17.6 Å². The Hall–Kier alpha value is -3.53. The SMILES string of the molecule is CC1CN(c2ccc(S(C)(=O)=O)cc2F)CCN1c1nccc(C(=O)N2CCc3ccccc3C2)n1. The van der Waals surface area contributed by atoms with Crippen LogP contribution in [-0.4, -0.2) is 67.7 Å². The molecule has 0 saturated carbocycles. The summed E-state index contributed by atoms with van der Waals surface area (Å²) in [6.45, 7) is 4.74. The van der Waals surface area contributed by atoms with Gasteiger partial charge in [-0.3, -0.25) is 4.79 Å². The van der Waals surface area contributed by atoms with Gasteiger partial charge in [-0.05, 0) is 48.7 Å². The van der Waals surface area contributed by atoms with Gasteiger partial charge in [0.05, 0.1) is 10.6 Å². The molecule has 1 aromatic heterocycles. The lowest BCUT2D eigenvalue weighted by Crippen LogP contribution is -2.53. The molecule has 3 aromatic rings. The Kier molecular flexibility index (Phi) is 6.38. The molecule has 10 heteroatoms. The fourth-order valence-electron chi connectivity index (χ4n) is 4.89. The molecule has 2 aromatic carbocycles. The molecular formula is C26H28FN5O3S. The number of hydrogen-bond donors (Lipinski definition) is 0. The lowest BCUT2D eigenvalue weighted by Gasteiger charge is -2.41. The van der Waals surface area contributed by atoms with Crippen LogP contribution in [0.25, 0.3) is 0 Å². The van der Waals surface area contributed by atoms with Gasteiger partial charge in [-0.2, -0.15) is 0 Å². The summed E-state index contributed by atoms with van der Waals surface area (Å²) in [5.74, 6) is -0.212. The molecule has 0 aliphatic carbocycles. The molecule has 2 aliphatic rings. The second kappa shape index (κ2) is 9.50. The van der Waals surface area contributed by atoms with Gasteiger partial charge in [0.15, 0.2) is 9.84 Å². The van der Waals surface area contributed by atoms with E-state index in [1.807, 2.05) is 33.8 Å². The number of sulfone groups is 1. The Morgan fingerprint density at radius 3 is 2.56 bits per heavy atom. The Morgan fingerprint density at radius 1 is 1.06 bits per heavy atom. The van der Waals surface area contributed by atoms with Crippen molar-refractivity contribution in [2.75, 3.05) is 42.2 Å². The molecule has 0 N–H and O–H groups in total. The topological polar surface area (TPSA) is 86.7 Å². The number of amides is 1. The third-order valence-corrected chi connectivity index (χ3v) is 7.96. The third-order valence-electron chi connectivity index (χ3n) is 6.85. The van der Waals surface area contributed by atoms with Crippen molar-refractivity contribution < 1.29 is 17.6 Å². The molecule has 1 atom stereocenters. The normalized spacial score (nSPS) is 18.2. The van der Waals surface area contributed by atoms with Gasteiger partial charge >= 0.3 is 0 Å². The average molecular weight is 510 g/mol. The number of piperazine rings is 1. The molecule has 36 heavy (non-hydrogen) atoms. The summed E-state index contributed by atoms with van der Waals surface area (Å²) in [5.41, 5.74) is 3.16. The molecule has 0 bridgehead atoms. The number of fused-ring (bicyclic) bond motifs is 1. The van der Waals surface area contributed by atoms with E-state index in [0.717, 1.165) is 24.3 Å². The molecule has 0 spiro atoms. The molecule has 1 amide bonds.